The van der Waals surface area contributed by atoms with E-state index in [1.807, 2.05) is 0 Å². The molecule has 4 rings (SSSR count). The predicted octanol–water partition coefficient (Wildman–Crippen LogP) is 3.60. The van der Waals surface area contributed by atoms with Crippen LogP contribution in [0.2, 0.25) is 0 Å². The number of thiophene rings is 1. The van der Waals surface area contributed by atoms with Crippen molar-refractivity contribution in [1.82, 2.24) is 14.5 Å². The summed E-state index contributed by atoms with van der Waals surface area (Å²) < 4.78 is 6.56. The average Bonchev–Trinajstić information content (AvgIpc) is 3.05. The van der Waals surface area contributed by atoms with Crippen LogP contribution < -0.4 is 5.56 Å². The van der Waals surface area contributed by atoms with Gasteiger partial charge in [0.25, 0.3) is 5.56 Å². The number of ether oxygens (including phenoxy) is 1. The normalized spacial score (nSPS) is 13.6. The first-order valence-corrected chi connectivity index (χ1v) is 10.5. The Hall–Kier alpha value is -2.19. The highest BCUT2D eigenvalue weighted by molar-refractivity contribution is 7.99. The first kappa shape index (κ1) is 18.2. The Morgan fingerprint density at radius 3 is 2.89 bits per heavy atom. The van der Waals surface area contributed by atoms with Gasteiger partial charge in [0.1, 0.15) is 9.86 Å². The van der Waals surface area contributed by atoms with Gasteiger partial charge in [-0.15, -0.1) is 11.3 Å². The van der Waals surface area contributed by atoms with Gasteiger partial charge in [-0.3, -0.25) is 9.36 Å². The van der Waals surface area contributed by atoms with Crippen LogP contribution >= 0.6 is 23.1 Å². The smallest absolute Gasteiger partial charge is 0.339 e. The molecule has 0 amide bonds. The number of aromatic nitrogens is 3. The molecule has 0 aliphatic heterocycles. The predicted molar refractivity (Wildman–Crippen MR) is 106 cm³/mol. The number of rotatable bonds is 4. The molecule has 0 saturated carbocycles. The molecule has 8 heteroatoms. The number of hydrogen-bond donors (Lipinski definition) is 0. The fourth-order valence-corrected chi connectivity index (χ4v) is 5.32. The third-order valence-corrected chi connectivity index (χ3v) is 6.78. The number of aryl methyl sites for hydroxylation is 2. The molecule has 0 spiro atoms. The van der Waals surface area contributed by atoms with Crippen LogP contribution in [0, 0.1) is 0 Å². The molecule has 0 atom stereocenters. The molecule has 0 fully saturated rings. The van der Waals surface area contributed by atoms with Gasteiger partial charge in [0, 0.05) is 18.1 Å². The standard InChI is InChI=1S/C19H19N3O3S2/c1-3-25-18(24)11-8-9-14(20-10-11)27-19-21-16-15(17(23)22(19)2)12-6-4-5-7-13(12)26-16/h8-10H,3-7H2,1-2H3. The number of hydrogen-bond acceptors (Lipinski definition) is 7. The molecule has 0 bridgehead atoms. The van der Waals surface area contributed by atoms with Crippen molar-refractivity contribution in [3.05, 3.63) is 44.7 Å². The summed E-state index contributed by atoms with van der Waals surface area (Å²) in [5.41, 5.74) is 1.61. The molecule has 27 heavy (non-hydrogen) atoms. The summed E-state index contributed by atoms with van der Waals surface area (Å²) in [5, 5.41) is 2.06. The van der Waals surface area contributed by atoms with E-state index < -0.39 is 5.97 Å². The molecule has 140 valence electrons. The molecule has 3 aromatic rings. The van der Waals surface area contributed by atoms with Crippen molar-refractivity contribution in [1.29, 1.82) is 0 Å². The lowest BCUT2D eigenvalue weighted by Gasteiger charge is -2.10. The molecule has 1 aliphatic carbocycles. The van der Waals surface area contributed by atoms with E-state index >= 15 is 0 Å². The van der Waals surface area contributed by atoms with E-state index in [1.54, 1.807) is 42.0 Å². The quantitative estimate of drug-likeness (QED) is 0.491. The molecule has 3 aromatic heterocycles. The summed E-state index contributed by atoms with van der Waals surface area (Å²) >= 11 is 2.96. The van der Waals surface area contributed by atoms with Gasteiger partial charge in [-0.1, -0.05) is 0 Å². The van der Waals surface area contributed by atoms with Gasteiger partial charge in [-0.2, -0.15) is 0 Å². The monoisotopic (exact) mass is 401 g/mol. The van der Waals surface area contributed by atoms with E-state index in [4.69, 9.17) is 9.72 Å². The zero-order valence-electron chi connectivity index (χ0n) is 15.2. The Morgan fingerprint density at radius 1 is 1.33 bits per heavy atom. The van der Waals surface area contributed by atoms with E-state index in [-0.39, 0.29) is 5.56 Å². The molecule has 3 heterocycles. The summed E-state index contributed by atoms with van der Waals surface area (Å²) in [4.78, 5) is 35.8. The molecule has 0 saturated heterocycles. The van der Waals surface area contributed by atoms with Crippen molar-refractivity contribution >= 4 is 39.3 Å². The molecule has 0 aromatic carbocycles. The highest BCUT2D eigenvalue weighted by Crippen LogP contribution is 2.35. The molecule has 1 aliphatic rings. The topological polar surface area (TPSA) is 74.1 Å². The second-order valence-electron chi connectivity index (χ2n) is 6.36. The van der Waals surface area contributed by atoms with Crippen molar-refractivity contribution in [3.63, 3.8) is 0 Å². The maximum atomic E-state index is 12.9. The van der Waals surface area contributed by atoms with Crippen molar-refractivity contribution in [3.8, 4) is 0 Å². The number of carbonyl (C=O) groups excluding carboxylic acids is 1. The molecule has 0 radical (unpaired) electrons. The van der Waals surface area contributed by atoms with Crippen LogP contribution in [0.4, 0.5) is 0 Å². The number of esters is 1. The zero-order chi connectivity index (χ0) is 19.0. The maximum absolute atomic E-state index is 12.9. The molecule has 6 nitrogen and oxygen atoms in total. The van der Waals surface area contributed by atoms with Gasteiger partial charge in [-0.25, -0.2) is 14.8 Å². The van der Waals surface area contributed by atoms with Gasteiger partial charge in [0.2, 0.25) is 0 Å². The second-order valence-corrected chi connectivity index (χ2v) is 8.43. The summed E-state index contributed by atoms with van der Waals surface area (Å²) in [6, 6.07) is 3.42. The number of fused-ring (bicyclic) bond motifs is 3. The first-order chi connectivity index (χ1) is 13.1. The van der Waals surface area contributed by atoms with Crippen LogP contribution in [0.15, 0.2) is 33.3 Å². The maximum Gasteiger partial charge on any atom is 0.339 e. The highest BCUT2D eigenvalue weighted by Gasteiger charge is 2.21. The minimum atomic E-state index is -0.391. The van der Waals surface area contributed by atoms with Crippen molar-refractivity contribution in [2.45, 2.75) is 42.8 Å². The Morgan fingerprint density at radius 2 is 2.15 bits per heavy atom. The van der Waals surface area contributed by atoms with Gasteiger partial charge in [0.05, 0.1) is 17.6 Å². The van der Waals surface area contributed by atoms with Gasteiger partial charge in [-0.05, 0) is 62.1 Å². The van der Waals surface area contributed by atoms with Gasteiger partial charge >= 0.3 is 5.97 Å². The lowest BCUT2D eigenvalue weighted by Crippen LogP contribution is -2.20. The molecular weight excluding hydrogens is 382 g/mol. The Labute approximate surface area is 164 Å². The van der Waals surface area contributed by atoms with Crippen LogP contribution in [-0.4, -0.2) is 27.1 Å². The van der Waals surface area contributed by atoms with Crippen LogP contribution in [0.3, 0.4) is 0 Å². The lowest BCUT2D eigenvalue weighted by molar-refractivity contribution is 0.0525. The van der Waals surface area contributed by atoms with E-state index in [2.05, 4.69) is 4.98 Å². The number of nitrogens with zero attached hydrogens (tertiary/aromatic N) is 3. The lowest BCUT2D eigenvalue weighted by atomic mass is 9.97. The van der Waals surface area contributed by atoms with Crippen molar-refractivity contribution in [2.75, 3.05) is 6.61 Å². The summed E-state index contributed by atoms with van der Waals surface area (Å²) in [6.45, 7) is 2.09. The van der Waals surface area contributed by atoms with Gasteiger partial charge < -0.3 is 4.74 Å². The van der Waals surface area contributed by atoms with E-state index in [1.165, 1.54) is 34.8 Å². The van der Waals surface area contributed by atoms with E-state index in [0.29, 0.717) is 22.4 Å². The average molecular weight is 402 g/mol. The van der Waals surface area contributed by atoms with Crippen LogP contribution in [0.5, 0.6) is 0 Å². The molecule has 0 N–H and O–H groups in total. The molecule has 0 unspecified atom stereocenters. The third-order valence-electron chi connectivity index (χ3n) is 4.60. The van der Waals surface area contributed by atoms with Crippen LogP contribution in [0.25, 0.3) is 10.2 Å². The fraction of sp³-hybridized carbons (Fsp3) is 0.368. The second kappa shape index (κ2) is 7.44. The Kier molecular flexibility index (Phi) is 5.01. The SMILES string of the molecule is CCOC(=O)c1ccc(Sc2nc3sc4c(c3c(=O)n2C)CCCC4)nc1. The summed E-state index contributed by atoms with van der Waals surface area (Å²) in [7, 11) is 1.75. The van der Waals surface area contributed by atoms with E-state index in [9.17, 15) is 9.59 Å². The molecular formula is C19H19N3O3S2. The Balaban J connectivity index is 1.67. The van der Waals surface area contributed by atoms with Crippen LogP contribution in [0.1, 0.15) is 40.6 Å². The van der Waals surface area contributed by atoms with Gasteiger partial charge in [0.15, 0.2) is 5.16 Å². The zero-order valence-corrected chi connectivity index (χ0v) is 16.8. The van der Waals surface area contributed by atoms with Crippen LogP contribution in [-0.2, 0) is 24.6 Å². The minimum Gasteiger partial charge on any atom is -0.462 e. The summed E-state index contributed by atoms with van der Waals surface area (Å²) in [6.07, 6.45) is 5.81. The Bertz CT molecular complexity index is 1070. The van der Waals surface area contributed by atoms with Crippen molar-refractivity contribution < 1.29 is 9.53 Å². The minimum absolute atomic E-state index is 0.00467. The third kappa shape index (κ3) is 3.39. The number of pyridine rings is 1. The fourth-order valence-electron chi connectivity index (χ4n) is 3.23. The summed E-state index contributed by atoms with van der Waals surface area (Å²) in [5.74, 6) is -0.391. The van der Waals surface area contributed by atoms with E-state index in [0.717, 1.165) is 29.5 Å². The van der Waals surface area contributed by atoms with Crippen molar-refractivity contribution in [2.24, 2.45) is 7.05 Å². The number of carbonyl (C=O) groups is 1. The highest BCUT2D eigenvalue weighted by atomic mass is 32.2. The largest absolute Gasteiger partial charge is 0.462 e. The first-order valence-electron chi connectivity index (χ1n) is 8.90.